The van der Waals surface area contributed by atoms with Gasteiger partial charge in [-0.05, 0) is 25.0 Å². The summed E-state index contributed by atoms with van der Waals surface area (Å²) in [5.41, 5.74) is 2.41. The first-order valence-corrected chi connectivity index (χ1v) is 9.30. The highest BCUT2D eigenvalue weighted by molar-refractivity contribution is 6.05. The number of piperazine rings is 1. The summed E-state index contributed by atoms with van der Waals surface area (Å²) in [6.45, 7) is 7.42. The third kappa shape index (κ3) is 2.60. The van der Waals surface area contributed by atoms with Crippen molar-refractivity contribution in [3.05, 3.63) is 30.6 Å². The molecule has 0 N–H and O–H groups in total. The Bertz CT molecular complexity index is 951. The highest BCUT2D eigenvalue weighted by atomic mass is 16.3. The SMILES string of the molecule is CCC1CN(c2ncnc3c2oc2ccccc23)C(CC)CN1C(C)=O. The van der Waals surface area contributed by atoms with Gasteiger partial charge < -0.3 is 14.2 Å². The van der Waals surface area contributed by atoms with Crippen LogP contribution in [0.15, 0.2) is 35.0 Å². The quantitative estimate of drug-likeness (QED) is 0.721. The first-order chi connectivity index (χ1) is 12.6. The summed E-state index contributed by atoms with van der Waals surface area (Å²) >= 11 is 0. The molecule has 1 fully saturated rings. The fourth-order valence-corrected chi connectivity index (χ4v) is 4.01. The Labute approximate surface area is 152 Å². The van der Waals surface area contributed by atoms with Gasteiger partial charge in [0.1, 0.15) is 17.4 Å². The van der Waals surface area contributed by atoms with E-state index in [0.29, 0.717) is 0 Å². The summed E-state index contributed by atoms with van der Waals surface area (Å²) in [5, 5.41) is 1.01. The number of carbonyl (C=O) groups is 1. The van der Waals surface area contributed by atoms with Crippen LogP contribution in [0.3, 0.4) is 0 Å². The third-order valence-corrected chi connectivity index (χ3v) is 5.45. The Morgan fingerprint density at radius 3 is 2.65 bits per heavy atom. The summed E-state index contributed by atoms with van der Waals surface area (Å²) in [6.07, 6.45) is 3.47. The van der Waals surface area contributed by atoms with Crippen molar-refractivity contribution in [2.24, 2.45) is 0 Å². The van der Waals surface area contributed by atoms with Crippen LogP contribution in [-0.4, -0.2) is 45.9 Å². The number of benzene rings is 1. The molecule has 0 aliphatic carbocycles. The number of hydrogen-bond acceptors (Lipinski definition) is 5. The lowest BCUT2D eigenvalue weighted by Crippen LogP contribution is -2.59. The van der Waals surface area contributed by atoms with Crippen molar-refractivity contribution in [2.45, 2.75) is 45.7 Å². The average molecular weight is 352 g/mol. The summed E-state index contributed by atoms with van der Waals surface area (Å²) in [5.74, 6) is 0.978. The van der Waals surface area contributed by atoms with Gasteiger partial charge in [-0.15, -0.1) is 0 Å². The summed E-state index contributed by atoms with van der Waals surface area (Å²) in [7, 11) is 0. The van der Waals surface area contributed by atoms with Crippen molar-refractivity contribution in [2.75, 3.05) is 18.0 Å². The van der Waals surface area contributed by atoms with Crippen LogP contribution in [-0.2, 0) is 4.79 Å². The maximum Gasteiger partial charge on any atom is 0.219 e. The van der Waals surface area contributed by atoms with Gasteiger partial charge in [0, 0.05) is 37.5 Å². The zero-order valence-electron chi connectivity index (χ0n) is 15.5. The van der Waals surface area contributed by atoms with Crippen LogP contribution in [0, 0.1) is 0 Å². The molecule has 4 rings (SSSR count). The number of anilines is 1. The van der Waals surface area contributed by atoms with E-state index in [1.54, 1.807) is 13.3 Å². The van der Waals surface area contributed by atoms with Crippen LogP contribution in [0.5, 0.6) is 0 Å². The lowest BCUT2D eigenvalue weighted by molar-refractivity contribution is -0.132. The predicted octanol–water partition coefficient (Wildman–Crippen LogP) is 3.60. The molecule has 6 nitrogen and oxygen atoms in total. The van der Waals surface area contributed by atoms with Gasteiger partial charge in [-0.25, -0.2) is 9.97 Å². The number of hydrogen-bond donors (Lipinski definition) is 0. The van der Waals surface area contributed by atoms with Crippen molar-refractivity contribution >= 4 is 33.8 Å². The van der Waals surface area contributed by atoms with E-state index in [0.717, 1.165) is 53.8 Å². The number of aromatic nitrogens is 2. The van der Waals surface area contributed by atoms with E-state index in [9.17, 15) is 4.79 Å². The lowest BCUT2D eigenvalue weighted by atomic mass is 10.0. The Morgan fingerprint density at radius 2 is 1.92 bits per heavy atom. The average Bonchev–Trinajstić information content (AvgIpc) is 3.05. The Hall–Kier alpha value is -2.63. The number of nitrogens with zero attached hydrogens (tertiary/aromatic N) is 4. The molecule has 0 spiro atoms. The van der Waals surface area contributed by atoms with E-state index < -0.39 is 0 Å². The molecule has 2 unspecified atom stereocenters. The van der Waals surface area contributed by atoms with Crippen molar-refractivity contribution in [3.63, 3.8) is 0 Å². The van der Waals surface area contributed by atoms with Gasteiger partial charge in [-0.3, -0.25) is 4.79 Å². The highest BCUT2D eigenvalue weighted by Gasteiger charge is 2.35. The summed E-state index contributed by atoms with van der Waals surface area (Å²) in [6, 6.07) is 8.34. The molecule has 0 saturated carbocycles. The Kier molecular flexibility index (Phi) is 4.26. The molecule has 1 aromatic carbocycles. The fourth-order valence-electron chi connectivity index (χ4n) is 4.01. The molecule has 1 amide bonds. The Balaban J connectivity index is 1.82. The van der Waals surface area contributed by atoms with E-state index >= 15 is 0 Å². The molecule has 1 saturated heterocycles. The smallest absolute Gasteiger partial charge is 0.219 e. The van der Waals surface area contributed by atoms with Crippen molar-refractivity contribution in [1.29, 1.82) is 0 Å². The normalized spacial score (nSPS) is 20.9. The monoisotopic (exact) mass is 352 g/mol. The molecule has 2 aromatic heterocycles. The predicted molar refractivity (Wildman–Crippen MR) is 102 cm³/mol. The van der Waals surface area contributed by atoms with Gasteiger partial charge >= 0.3 is 0 Å². The fraction of sp³-hybridized carbons (Fsp3) is 0.450. The minimum Gasteiger partial charge on any atom is -0.450 e. The number of amides is 1. The van der Waals surface area contributed by atoms with Crippen LogP contribution in [0.1, 0.15) is 33.6 Å². The molecule has 2 atom stereocenters. The largest absolute Gasteiger partial charge is 0.450 e. The van der Waals surface area contributed by atoms with Crippen molar-refractivity contribution in [1.82, 2.24) is 14.9 Å². The van der Waals surface area contributed by atoms with Crippen LogP contribution < -0.4 is 4.90 Å². The van der Waals surface area contributed by atoms with E-state index in [-0.39, 0.29) is 18.0 Å². The molecular weight excluding hydrogens is 328 g/mol. The molecule has 3 aromatic rings. The van der Waals surface area contributed by atoms with Gasteiger partial charge in [0.15, 0.2) is 11.4 Å². The van der Waals surface area contributed by atoms with Crippen LogP contribution in [0.4, 0.5) is 5.82 Å². The zero-order valence-corrected chi connectivity index (χ0v) is 15.5. The van der Waals surface area contributed by atoms with E-state index in [2.05, 4.69) is 28.7 Å². The minimum atomic E-state index is 0.145. The molecule has 0 bridgehead atoms. The second-order valence-electron chi connectivity index (χ2n) is 6.92. The first kappa shape index (κ1) is 16.8. The minimum absolute atomic E-state index is 0.145. The standard InChI is InChI=1S/C20H24N4O2/c1-4-14-11-24(15(5-2)10-23(14)13(3)25)20-19-18(21-12-22-20)16-8-6-7-9-17(16)26-19/h6-9,12,14-15H,4-5,10-11H2,1-3H3. The zero-order chi connectivity index (χ0) is 18.3. The first-order valence-electron chi connectivity index (χ1n) is 9.30. The van der Waals surface area contributed by atoms with Gasteiger partial charge in [0.05, 0.1) is 0 Å². The number of fused-ring (bicyclic) bond motifs is 3. The molecule has 1 aliphatic rings. The summed E-state index contributed by atoms with van der Waals surface area (Å²) in [4.78, 5) is 25.4. The topological polar surface area (TPSA) is 62.5 Å². The van der Waals surface area contributed by atoms with Crippen LogP contribution in [0.25, 0.3) is 22.1 Å². The Morgan fingerprint density at radius 1 is 1.15 bits per heavy atom. The van der Waals surface area contributed by atoms with Crippen molar-refractivity contribution < 1.29 is 9.21 Å². The second kappa shape index (κ2) is 6.59. The molecule has 136 valence electrons. The summed E-state index contributed by atoms with van der Waals surface area (Å²) < 4.78 is 6.13. The molecule has 0 radical (unpaired) electrons. The maximum atomic E-state index is 12.1. The van der Waals surface area contributed by atoms with Crippen molar-refractivity contribution in [3.8, 4) is 0 Å². The number of rotatable bonds is 3. The van der Waals surface area contributed by atoms with E-state index in [4.69, 9.17) is 4.42 Å². The molecule has 26 heavy (non-hydrogen) atoms. The van der Waals surface area contributed by atoms with Gasteiger partial charge in [0.25, 0.3) is 0 Å². The van der Waals surface area contributed by atoms with Crippen LogP contribution >= 0.6 is 0 Å². The molecule has 6 heteroatoms. The lowest BCUT2D eigenvalue weighted by Gasteiger charge is -2.46. The number of para-hydroxylation sites is 1. The number of carbonyl (C=O) groups excluding carboxylic acids is 1. The van der Waals surface area contributed by atoms with Gasteiger partial charge in [-0.2, -0.15) is 0 Å². The van der Waals surface area contributed by atoms with Gasteiger partial charge in [0.2, 0.25) is 5.91 Å². The molecule has 1 aliphatic heterocycles. The van der Waals surface area contributed by atoms with Crippen LogP contribution in [0.2, 0.25) is 0 Å². The second-order valence-corrected chi connectivity index (χ2v) is 6.92. The molecule has 3 heterocycles. The highest BCUT2D eigenvalue weighted by Crippen LogP contribution is 2.34. The van der Waals surface area contributed by atoms with Gasteiger partial charge in [-0.1, -0.05) is 26.0 Å². The van der Waals surface area contributed by atoms with E-state index in [1.165, 1.54) is 0 Å². The third-order valence-electron chi connectivity index (χ3n) is 5.45. The van der Waals surface area contributed by atoms with E-state index in [1.807, 2.05) is 29.2 Å². The maximum absolute atomic E-state index is 12.1. The molecular formula is C20H24N4O2. The number of furan rings is 1.